The maximum atomic E-state index is 9.59. The fraction of sp³-hybridized carbons (Fsp3) is 0.0435. The summed E-state index contributed by atoms with van der Waals surface area (Å²) in [5, 5.41) is 38.4. The summed E-state index contributed by atoms with van der Waals surface area (Å²) in [6, 6.07) is 15.0. The molecule has 0 unspecified atom stereocenters. The van der Waals surface area contributed by atoms with Crippen LogP contribution < -0.4 is 0 Å². The van der Waals surface area contributed by atoms with E-state index < -0.39 is 0 Å². The van der Waals surface area contributed by atoms with Crippen LogP contribution in [0.25, 0.3) is 11.1 Å². The third kappa shape index (κ3) is 3.50. The molecule has 1 heterocycles. The van der Waals surface area contributed by atoms with Gasteiger partial charge in [0.25, 0.3) is 0 Å². The van der Waals surface area contributed by atoms with E-state index in [1.807, 2.05) is 24.3 Å². The number of hydrogen-bond acceptors (Lipinski definition) is 5. The van der Waals surface area contributed by atoms with Crippen molar-refractivity contribution in [1.82, 2.24) is 0 Å². The molecule has 1 aliphatic heterocycles. The van der Waals surface area contributed by atoms with Crippen LogP contribution in [0.15, 0.2) is 80.4 Å². The van der Waals surface area contributed by atoms with Crippen molar-refractivity contribution in [2.24, 2.45) is 0 Å². The molecule has 0 N–H and O–H groups in total. The van der Waals surface area contributed by atoms with Crippen LogP contribution in [0, 0.1) is 45.3 Å². The molecule has 6 heteroatoms. The van der Waals surface area contributed by atoms with E-state index in [9.17, 15) is 21.0 Å². The summed E-state index contributed by atoms with van der Waals surface area (Å²) in [7, 11) is 0. The maximum absolute atomic E-state index is 9.59. The zero-order valence-corrected chi connectivity index (χ0v) is 17.4. The van der Waals surface area contributed by atoms with Crippen molar-refractivity contribution in [3.63, 3.8) is 0 Å². The van der Waals surface area contributed by atoms with Crippen molar-refractivity contribution in [3.8, 4) is 24.3 Å². The number of benzene rings is 1. The standard InChI is InChI=1S/C23H11IN4O/c1-14-8-15(9-18(29-14)6-7-24)23-21(16(10-25)11-26)19-4-2-3-5-20(19)22(23)17(12-27)13-28/h2-9H,1H3/b7-6+. The fourth-order valence-corrected chi connectivity index (χ4v) is 3.70. The molecule has 0 saturated heterocycles. The van der Waals surface area contributed by atoms with E-state index in [0.717, 1.165) is 0 Å². The summed E-state index contributed by atoms with van der Waals surface area (Å²) in [5.41, 5.74) is 3.11. The van der Waals surface area contributed by atoms with Gasteiger partial charge in [-0.15, -0.1) is 0 Å². The van der Waals surface area contributed by atoms with Crippen molar-refractivity contribution in [2.75, 3.05) is 0 Å². The number of halogens is 1. The van der Waals surface area contributed by atoms with E-state index >= 15 is 0 Å². The van der Waals surface area contributed by atoms with Gasteiger partial charge in [-0.1, -0.05) is 46.9 Å². The zero-order valence-electron chi connectivity index (χ0n) is 15.2. The summed E-state index contributed by atoms with van der Waals surface area (Å²) >= 11 is 2.08. The molecule has 0 fully saturated rings. The second-order valence-corrected chi connectivity index (χ2v) is 6.74. The van der Waals surface area contributed by atoms with Gasteiger partial charge in [-0.25, -0.2) is 0 Å². The van der Waals surface area contributed by atoms with E-state index in [4.69, 9.17) is 4.74 Å². The number of fused-ring (bicyclic) bond motifs is 1. The molecule has 1 aromatic carbocycles. The Morgan fingerprint density at radius 1 is 0.897 bits per heavy atom. The summed E-state index contributed by atoms with van der Waals surface area (Å²) in [4.78, 5) is 0. The maximum Gasteiger partial charge on any atom is 0.138 e. The molecule has 29 heavy (non-hydrogen) atoms. The van der Waals surface area contributed by atoms with E-state index in [2.05, 4.69) is 22.6 Å². The smallest absolute Gasteiger partial charge is 0.138 e. The van der Waals surface area contributed by atoms with Crippen LogP contribution in [0.5, 0.6) is 0 Å². The highest BCUT2D eigenvalue weighted by Crippen LogP contribution is 2.50. The van der Waals surface area contributed by atoms with Crippen molar-refractivity contribution < 1.29 is 4.74 Å². The monoisotopic (exact) mass is 486 g/mol. The molecule has 5 nitrogen and oxygen atoms in total. The number of nitrogens with zero attached hydrogens (tertiary/aromatic N) is 4. The summed E-state index contributed by atoms with van der Waals surface area (Å²) in [6.07, 6.45) is 5.31. The number of allylic oxidation sites excluding steroid dienone is 10. The van der Waals surface area contributed by atoms with E-state index in [1.54, 1.807) is 53.5 Å². The van der Waals surface area contributed by atoms with Crippen LogP contribution in [0.4, 0.5) is 0 Å². The van der Waals surface area contributed by atoms with Gasteiger partial charge < -0.3 is 4.74 Å². The van der Waals surface area contributed by atoms with Gasteiger partial charge in [0.05, 0.1) is 0 Å². The van der Waals surface area contributed by atoms with Gasteiger partial charge in [0.15, 0.2) is 0 Å². The minimum atomic E-state index is -0.0814. The van der Waals surface area contributed by atoms with Gasteiger partial charge in [-0.3, -0.25) is 0 Å². The molecular weight excluding hydrogens is 475 g/mol. The summed E-state index contributed by atoms with van der Waals surface area (Å²) in [6.45, 7) is 1.79. The summed E-state index contributed by atoms with van der Waals surface area (Å²) in [5.74, 6) is 1.18. The van der Waals surface area contributed by atoms with Crippen LogP contribution in [0.3, 0.4) is 0 Å². The van der Waals surface area contributed by atoms with Gasteiger partial charge >= 0.3 is 0 Å². The van der Waals surface area contributed by atoms with E-state index in [1.165, 1.54) is 0 Å². The number of ether oxygens (including phenoxy) is 1. The second-order valence-electron chi connectivity index (χ2n) is 6.02. The molecular formula is C23H11IN4O. The SMILES string of the molecule is CC1=CC(=C2C(=C(C#N)C#N)c3ccccc3C2=C(C#N)C#N)C=C(/C=C/I)O1. The predicted octanol–water partition coefficient (Wildman–Crippen LogP) is 5.36. The van der Waals surface area contributed by atoms with Gasteiger partial charge in [-0.05, 0) is 45.9 Å². The van der Waals surface area contributed by atoms with Crippen LogP contribution in [-0.2, 0) is 4.74 Å². The number of hydrogen-bond donors (Lipinski definition) is 0. The lowest BCUT2D eigenvalue weighted by Gasteiger charge is -2.16. The quantitative estimate of drug-likeness (QED) is 0.393. The van der Waals surface area contributed by atoms with Crippen LogP contribution in [0.2, 0.25) is 0 Å². The topological polar surface area (TPSA) is 104 Å². The lowest BCUT2D eigenvalue weighted by molar-refractivity contribution is 0.318. The molecule has 2 aliphatic rings. The normalized spacial score (nSPS) is 14.7. The highest BCUT2D eigenvalue weighted by atomic mass is 127. The molecule has 0 saturated carbocycles. The van der Waals surface area contributed by atoms with Gasteiger partial charge in [0, 0.05) is 16.7 Å². The first-order chi connectivity index (χ1) is 14.1. The van der Waals surface area contributed by atoms with Crippen molar-refractivity contribution in [2.45, 2.75) is 6.92 Å². The number of rotatable bonds is 1. The predicted molar refractivity (Wildman–Crippen MR) is 116 cm³/mol. The minimum Gasteiger partial charge on any atom is -0.462 e. The Hall–Kier alpha value is -3.85. The Bertz CT molecular complexity index is 1170. The third-order valence-electron chi connectivity index (χ3n) is 4.36. The molecule has 136 valence electrons. The molecule has 1 aliphatic carbocycles. The van der Waals surface area contributed by atoms with Gasteiger partial charge in [-0.2, -0.15) is 21.0 Å². The van der Waals surface area contributed by atoms with Gasteiger partial charge in [0.1, 0.15) is 46.9 Å². The summed E-state index contributed by atoms with van der Waals surface area (Å²) < 4.78 is 7.49. The average Bonchev–Trinajstić information content (AvgIpc) is 3.05. The second kappa shape index (κ2) is 8.44. The first-order valence-corrected chi connectivity index (χ1v) is 9.62. The average molecular weight is 486 g/mol. The van der Waals surface area contributed by atoms with Gasteiger partial charge in [0.2, 0.25) is 0 Å². The first-order valence-electron chi connectivity index (χ1n) is 8.37. The Morgan fingerprint density at radius 2 is 1.41 bits per heavy atom. The molecule has 0 amide bonds. The highest BCUT2D eigenvalue weighted by molar-refractivity contribution is 14.1. The molecule has 0 aromatic heterocycles. The molecule has 0 spiro atoms. The zero-order chi connectivity index (χ0) is 21.0. The Morgan fingerprint density at radius 3 is 1.86 bits per heavy atom. The van der Waals surface area contributed by atoms with E-state index in [0.29, 0.717) is 44.9 Å². The lowest BCUT2D eigenvalue weighted by Crippen LogP contribution is -2.00. The molecule has 1 aromatic rings. The first kappa shape index (κ1) is 19.9. The largest absolute Gasteiger partial charge is 0.462 e. The molecule has 0 atom stereocenters. The van der Waals surface area contributed by atoms with Crippen LogP contribution >= 0.6 is 22.6 Å². The Labute approximate surface area is 181 Å². The van der Waals surface area contributed by atoms with E-state index in [-0.39, 0.29) is 11.1 Å². The number of nitriles is 4. The van der Waals surface area contributed by atoms with Crippen LogP contribution in [0.1, 0.15) is 18.1 Å². The third-order valence-corrected chi connectivity index (χ3v) is 4.72. The Balaban J connectivity index is 2.57. The lowest BCUT2D eigenvalue weighted by atomic mass is 9.91. The van der Waals surface area contributed by atoms with Crippen LogP contribution in [-0.4, -0.2) is 0 Å². The van der Waals surface area contributed by atoms with Crippen molar-refractivity contribution in [3.05, 3.63) is 91.5 Å². The highest BCUT2D eigenvalue weighted by Gasteiger charge is 2.34. The minimum absolute atomic E-state index is 0.0814. The van der Waals surface area contributed by atoms with Crippen molar-refractivity contribution in [1.29, 1.82) is 21.0 Å². The molecule has 3 rings (SSSR count). The Kier molecular flexibility index (Phi) is 5.79. The molecule has 0 bridgehead atoms. The van der Waals surface area contributed by atoms with Crippen molar-refractivity contribution >= 4 is 33.7 Å². The molecule has 0 radical (unpaired) electrons. The fourth-order valence-electron chi connectivity index (χ4n) is 3.34.